The SMILES string of the molecule is CCNCC1CCN(CC(=O)Nc2cccc(C(C)C)c2)CC1.Cl. The lowest BCUT2D eigenvalue weighted by molar-refractivity contribution is -0.117. The van der Waals surface area contributed by atoms with Crippen LogP contribution in [0.25, 0.3) is 0 Å². The van der Waals surface area contributed by atoms with Crippen LogP contribution in [0.3, 0.4) is 0 Å². The first-order valence-corrected chi connectivity index (χ1v) is 8.91. The van der Waals surface area contributed by atoms with Gasteiger partial charge in [0.1, 0.15) is 0 Å². The molecule has 0 bridgehead atoms. The molecule has 0 aromatic heterocycles. The molecule has 0 unspecified atom stereocenters. The van der Waals surface area contributed by atoms with Gasteiger partial charge >= 0.3 is 0 Å². The highest BCUT2D eigenvalue weighted by molar-refractivity contribution is 5.92. The molecule has 1 fully saturated rings. The third-order valence-corrected chi connectivity index (χ3v) is 4.59. The third kappa shape index (κ3) is 6.80. The van der Waals surface area contributed by atoms with Gasteiger partial charge in [-0.15, -0.1) is 12.4 Å². The van der Waals surface area contributed by atoms with Gasteiger partial charge < -0.3 is 10.6 Å². The molecule has 0 saturated carbocycles. The van der Waals surface area contributed by atoms with Gasteiger partial charge in [0.2, 0.25) is 5.91 Å². The molecule has 1 amide bonds. The van der Waals surface area contributed by atoms with Crippen molar-refractivity contribution in [2.24, 2.45) is 5.92 Å². The molecular formula is C19H32ClN3O. The van der Waals surface area contributed by atoms with Gasteiger partial charge in [0.05, 0.1) is 6.54 Å². The van der Waals surface area contributed by atoms with E-state index in [4.69, 9.17) is 0 Å². The summed E-state index contributed by atoms with van der Waals surface area (Å²) in [7, 11) is 0. The Hall–Kier alpha value is -1.10. The normalized spacial score (nSPS) is 16.0. The van der Waals surface area contributed by atoms with Crippen LogP contribution in [0, 0.1) is 5.92 Å². The summed E-state index contributed by atoms with van der Waals surface area (Å²) in [6.07, 6.45) is 2.37. The number of halogens is 1. The van der Waals surface area contributed by atoms with Gasteiger partial charge in [0.25, 0.3) is 0 Å². The van der Waals surface area contributed by atoms with Crippen LogP contribution < -0.4 is 10.6 Å². The van der Waals surface area contributed by atoms with Crippen LogP contribution in [0.15, 0.2) is 24.3 Å². The van der Waals surface area contributed by atoms with E-state index >= 15 is 0 Å². The quantitative estimate of drug-likeness (QED) is 0.788. The lowest BCUT2D eigenvalue weighted by Gasteiger charge is -2.31. The highest BCUT2D eigenvalue weighted by atomic mass is 35.5. The number of carbonyl (C=O) groups excluding carboxylic acids is 1. The zero-order chi connectivity index (χ0) is 16.7. The molecule has 0 radical (unpaired) electrons. The van der Waals surface area contributed by atoms with E-state index in [1.807, 2.05) is 12.1 Å². The lowest BCUT2D eigenvalue weighted by Crippen LogP contribution is -2.41. The molecule has 1 heterocycles. The minimum absolute atomic E-state index is 0. The molecule has 5 heteroatoms. The lowest BCUT2D eigenvalue weighted by atomic mass is 9.97. The highest BCUT2D eigenvalue weighted by Crippen LogP contribution is 2.19. The number of hydrogen-bond donors (Lipinski definition) is 2. The molecule has 1 aliphatic heterocycles. The maximum Gasteiger partial charge on any atom is 0.238 e. The average Bonchev–Trinajstić information content (AvgIpc) is 2.54. The van der Waals surface area contributed by atoms with E-state index in [1.165, 1.54) is 18.4 Å². The molecule has 2 N–H and O–H groups in total. The van der Waals surface area contributed by atoms with Gasteiger partial charge in [-0.2, -0.15) is 0 Å². The first-order valence-electron chi connectivity index (χ1n) is 8.91. The average molecular weight is 354 g/mol. The Morgan fingerprint density at radius 3 is 2.62 bits per heavy atom. The summed E-state index contributed by atoms with van der Waals surface area (Å²) in [4.78, 5) is 14.5. The van der Waals surface area contributed by atoms with Crippen LogP contribution in [0.1, 0.15) is 45.1 Å². The fraction of sp³-hybridized carbons (Fsp3) is 0.632. The number of likely N-dealkylation sites (tertiary alicyclic amines) is 1. The van der Waals surface area contributed by atoms with Crippen LogP contribution >= 0.6 is 12.4 Å². The zero-order valence-electron chi connectivity index (χ0n) is 15.2. The maximum atomic E-state index is 12.3. The number of amides is 1. The Morgan fingerprint density at radius 1 is 1.29 bits per heavy atom. The zero-order valence-corrected chi connectivity index (χ0v) is 16.0. The predicted molar refractivity (Wildman–Crippen MR) is 104 cm³/mol. The van der Waals surface area contributed by atoms with Gasteiger partial charge in [0.15, 0.2) is 0 Å². The summed E-state index contributed by atoms with van der Waals surface area (Å²) in [5, 5.41) is 6.46. The number of benzene rings is 1. The van der Waals surface area contributed by atoms with Crippen molar-refractivity contribution in [2.45, 2.75) is 39.5 Å². The van der Waals surface area contributed by atoms with Gasteiger partial charge in [-0.05, 0) is 68.6 Å². The van der Waals surface area contributed by atoms with Crippen molar-refractivity contribution in [3.8, 4) is 0 Å². The second-order valence-corrected chi connectivity index (χ2v) is 6.86. The van der Waals surface area contributed by atoms with E-state index in [9.17, 15) is 4.79 Å². The van der Waals surface area contributed by atoms with E-state index in [-0.39, 0.29) is 18.3 Å². The van der Waals surface area contributed by atoms with Crippen LogP contribution in [0.4, 0.5) is 5.69 Å². The number of nitrogens with one attached hydrogen (secondary N) is 2. The Morgan fingerprint density at radius 2 is 2.00 bits per heavy atom. The van der Waals surface area contributed by atoms with Crippen molar-refractivity contribution < 1.29 is 4.79 Å². The minimum atomic E-state index is 0. The second-order valence-electron chi connectivity index (χ2n) is 6.86. The molecule has 0 spiro atoms. The van der Waals surface area contributed by atoms with E-state index in [0.29, 0.717) is 12.5 Å². The van der Waals surface area contributed by atoms with E-state index in [1.54, 1.807) is 0 Å². The monoisotopic (exact) mass is 353 g/mol. The van der Waals surface area contributed by atoms with Crippen LogP contribution in [-0.2, 0) is 4.79 Å². The Kier molecular flexibility index (Phi) is 9.34. The summed E-state index contributed by atoms with van der Waals surface area (Å²) in [6.45, 7) is 11.2. The molecular weight excluding hydrogens is 322 g/mol. The molecule has 1 saturated heterocycles. The van der Waals surface area contributed by atoms with Crippen molar-refractivity contribution in [3.05, 3.63) is 29.8 Å². The first-order chi connectivity index (χ1) is 11.1. The van der Waals surface area contributed by atoms with Crippen LogP contribution in [0.2, 0.25) is 0 Å². The first kappa shape index (κ1) is 20.9. The Labute approximate surface area is 152 Å². The number of piperidine rings is 1. The number of anilines is 1. The molecule has 1 aromatic carbocycles. The molecule has 4 nitrogen and oxygen atoms in total. The molecule has 2 rings (SSSR count). The summed E-state index contributed by atoms with van der Waals surface area (Å²) in [5.74, 6) is 1.33. The van der Waals surface area contributed by atoms with Gasteiger partial charge in [0, 0.05) is 5.69 Å². The number of nitrogens with zero attached hydrogens (tertiary/aromatic N) is 1. The molecule has 0 atom stereocenters. The molecule has 0 aliphatic carbocycles. The highest BCUT2D eigenvalue weighted by Gasteiger charge is 2.20. The smallest absolute Gasteiger partial charge is 0.238 e. The van der Waals surface area contributed by atoms with E-state index in [0.717, 1.165) is 37.8 Å². The largest absolute Gasteiger partial charge is 0.325 e. The predicted octanol–water partition coefficient (Wildman–Crippen LogP) is 3.49. The Bertz CT molecular complexity index is 499. The summed E-state index contributed by atoms with van der Waals surface area (Å²) in [5.41, 5.74) is 2.16. The van der Waals surface area contributed by atoms with Gasteiger partial charge in [-0.25, -0.2) is 0 Å². The topological polar surface area (TPSA) is 44.4 Å². The number of rotatable bonds is 7. The van der Waals surface area contributed by atoms with Crippen molar-refractivity contribution in [1.82, 2.24) is 10.2 Å². The molecule has 24 heavy (non-hydrogen) atoms. The molecule has 1 aliphatic rings. The Balaban J connectivity index is 0.00000288. The van der Waals surface area contributed by atoms with Crippen molar-refractivity contribution >= 4 is 24.0 Å². The van der Waals surface area contributed by atoms with Gasteiger partial charge in [-0.3, -0.25) is 9.69 Å². The maximum absolute atomic E-state index is 12.3. The van der Waals surface area contributed by atoms with Crippen LogP contribution in [0.5, 0.6) is 0 Å². The van der Waals surface area contributed by atoms with Crippen molar-refractivity contribution in [2.75, 3.05) is 38.0 Å². The van der Waals surface area contributed by atoms with E-state index < -0.39 is 0 Å². The fourth-order valence-corrected chi connectivity index (χ4v) is 3.08. The number of carbonyl (C=O) groups is 1. The van der Waals surface area contributed by atoms with E-state index in [2.05, 4.69) is 48.4 Å². The van der Waals surface area contributed by atoms with Crippen LogP contribution in [-0.4, -0.2) is 43.5 Å². The van der Waals surface area contributed by atoms with Crippen molar-refractivity contribution in [3.63, 3.8) is 0 Å². The molecule has 1 aromatic rings. The fourth-order valence-electron chi connectivity index (χ4n) is 3.08. The van der Waals surface area contributed by atoms with Crippen molar-refractivity contribution in [1.29, 1.82) is 0 Å². The summed E-state index contributed by atoms with van der Waals surface area (Å²) in [6, 6.07) is 8.16. The number of hydrogen-bond acceptors (Lipinski definition) is 3. The minimum Gasteiger partial charge on any atom is -0.325 e. The summed E-state index contributed by atoms with van der Waals surface area (Å²) >= 11 is 0. The third-order valence-electron chi connectivity index (χ3n) is 4.59. The second kappa shape index (κ2) is 10.7. The molecule has 136 valence electrons. The standard InChI is InChI=1S/C19H31N3O.ClH/c1-4-20-13-16-8-10-22(11-9-16)14-19(23)21-18-7-5-6-17(12-18)15(2)3;/h5-7,12,15-16,20H,4,8-11,13-14H2,1-3H3,(H,21,23);1H. The van der Waals surface area contributed by atoms with Gasteiger partial charge in [-0.1, -0.05) is 32.9 Å². The summed E-state index contributed by atoms with van der Waals surface area (Å²) < 4.78 is 0.